The average Bonchev–Trinajstić information content (AvgIpc) is 3.24. The number of aromatic nitrogens is 1. The predicted molar refractivity (Wildman–Crippen MR) is 147 cm³/mol. The highest BCUT2D eigenvalue weighted by Crippen LogP contribution is 2.32. The number of methoxy groups -OCH3 is 1. The van der Waals surface area contributed by atoms with Gasteiger partial charge in [0.25, 0.3) is 0 Å². The van der Waals surface area contributed by atoms with Gasteiger partial charge in [0, 0.05) is 29.1 Å². The lowest BCUT2D eigenvalue weighted by atomic mass is 10.0. The minimum atomic E-state index is -4.42. The van der Waals surface area contributed by atoms with Gasteiger partial charge in [-0.05, 0) is 61.5 Å². The maximum Gasteiger partial charge on any atom is 0.406 e. The second kappa shape index (κ2) is 12.2. The molecule has 1 aliphatic rings. The number of alkyl halides is 4. The van der Waals surface area contributed by atoms with Crippen LogP contribution in [-0.2, 0) is 6.54 Å². The summed E-state index contributed by atoms with van der Waals surface area (Å²) in [5.74, 6) is 6.51. The maximum atomic E-state index is 14.8. The first-order valence-electron chi connectivity index (χ1n) is 12.5. The van der Waals surface area contributed by atoms with E-state index in [0.29, 0.717) is 35.3 Å². The SMILES string of the molecule is CCN1CCC(Nc2cccc3c2cc(C#CCNc2ccc(SC)cc2OC)n3CC(F)(F)F)C(F)C1. The van der Waals surface area contributed by atoms with E-state index in [-0.39, 0.29) is 12.2 Å². The van der Waals surface area contributed by atoms with Crippen LogP contribution in [0.15, 0.2) is 47.4 Å². The van der Waals surface area contributed by atoms with Crippen LogP contribution in [0.25, 0.3) is 10.9 Å². The molecule has 0 aliphatic carbocycles. The Morgan fingerprint density at radius 1 is 1.16 bits per heavy atom. The van der Waals surface area contributed by atoms with Crippen molar-refractivity contribution in [3.05, 3.63) is 48.2 Å². The highest BCUT2D eigenvalue weighted by molar-refractivity contribution is 7.98. The zero-order chi connectivity index (χ0) is 27.3. The fourth-order valence-electron chi connectivity index (χ4n) is 4.70. The number of ether oxygens (including phenoxy) is 1. The Labute approximate surface area is 224 Å². The summed E-state index contributed by atoms with van der Waals surface area (Å²) < 4.78 is 61.9. The summed E-state index contributed by atoms with van der Waals surface area (Å²) in [5.41, 5.74) is 2.01. The van der Waals surface area contributed by atoms with E-state index in [1.807, 2.05) is 31.4 Å². The van der Waals surface area contributed by atoms with E-state index in [2.05, 4.69) is 27.4 Å². The lowest BCUT2D eigenvalue weighted by Gasteiger charge is -2.35. The van der Waals surface area contributed by atoms with Crippen molar-refractivity contribution in [3.63, 3.8) is 0 Å². The summed E-state index contributed by atoms with van der Waals surface area (Å²) in [6.45, 7) is 2.95. The molecule has 0 bridgehead atoms. The average molecular weight is 549 g/mol. The Morgan fingerprint density at radius 2 is 1.97 bits per heavy atom. The van der Waals surface area contributed by atoms with Gasteiger partial charge in [-0.2, -0.15) is 13.2 Å². The zero-order valence-electron chi connectivity index (χ0n) is 21.7. The van der Waals surface area contributed by atoms with Crippen LogP contribution < -0.4 is 15.4 Å². The number of likely N-dealkylation sites (tertiary alicyclic amines) is 1. The number of anilines is 2. The van der Waals surface area contributed by atoms with Crippen molar-refractivity contribution < 1.29 is 22.3 Å². The first-order valence-corrected chi connectivity index (χ1v) is 13.7. The summed E-state index contributed by atoms with van der Waals surface area (Å²) >= 11 is 1.60. The van der Waals surface area contributed by atoms with E-state index in [1.165, 1.54) is 4.57 Å². The molecule has 2 N–H and O–H groups in total. The standard InChI is InChI=1S/C28H32F4N4OS/c1-4-35-14-12-24(22(29)17-35)34-23-8-5-9-26-21(23)15-19(36(26)18-28(30,31)32)7-6-13-33-25-11-10-20(38-3)16-27(25)37-2/h5,8-11,15-16,22,24,33-34H,4,12-14,17-18H2,1-3H3. The number of nitrogens with one attached hydrogen (secondary N) is 2. The molecular weight excluding hydrogens is 516 g/mol. The van der Waals surface area contributed by atoms with Crippen molar-refractivity contribution >= 4 is 34.0 Å². The molecule has 1 aromatic heterocycles. The minimum Gasteiger partial charge on any atom is -0.495 e. The van der Waals surface area contributed by atoms with E-state index < -0.39 is 24.9 Å². The maximum absolute atomic E-state index is 14.8. The third kappa shape index (κ3) is 6.69. The molecule has 204 valence electrons. The number of fused-ring (bicyclic) bond motifs is 1. The predicted octanol–water partition coefficient (Wildman–Crippen LogP) is 6.24. The molecule has 2 atom stereocenters. The van der Waals surface area contributed by atoms with E-state index in [0.717, 1.165) is 23.7 Å². The van der Waals surface area contributed by atoms with Crippen LogP contribution in [0.3, 0.4) is 0 Å². The number of halogens is 4. The number of piperidine rings is 1. The summed E-state index contributed by atoms with van der Waals surface area (Å²) in [7, 11) is 1.58. The van der Waals surface area contributed by atoms with Gasteiger partial charge in [-0.1, -0.05) is 18.9 Å². The van der Waals surface area contributed by atoms with Gasteiger partial charge in [0.15, 0.2) is 0 Å². The summed E-state index contributed by atoms with van der Waals surface area (Å²) in [4.78, 5) is 3.10. The Bertz CT molecular complexity index is 1310. The van der Waals surface area contributed by atoms with Gasteiger partial charge in [-0.15, -0.1) is 11.8 Å². The van der Waals surface area contributed by atoms with E-state index >= 15 is 0 Å². The van der Waals surface area contributed by atoms with Crippen LogP contribution >= 0.6 is 11.8 Å². The largest absolute Gasteiger partial charge is 0.495 e. The van der Waals surface area contributed by atoms with E-state index in [1.54, 1.807) is 43.1 Å². The molecule has 4 rings (SSSR count). The number of rotatable bonds is 8. The normalized spacial score (nSPS) is 18.2. The van der Waals surface area contributed by atoms with Crippen molar-refractivity contribution in [1.82, 2.24) is 9.47 Å². The van der Waals surface area contributed by atoms with Crippen LogP contribution in [0.1, 0.15) is 19.0 Å². The summed E-state index contributed by atoms with van der Waals surface area (Å²) in [5, 5.41) is 7.02. The number of hydrogen-bond donors (Lipinski definition) is 2. The topological polar surface area (TPSA) is 41.5 Å². The molecule has 0 amide bonds. The first-order chi connectivity index (χ1) is 18.2. The van der Waals surface area contributed by atoms with Gasteiger partial charge in [0.2, 0.25) is 0 Å². The Kier molecular flexibility index (Phi) is 9.00. The Balaban J connectivity index is 1.59. The van der Waals surface area contributed by atoms with Crippen LogP contribution in [0.4, 0.5) is 28.9 Å². The summed E-state index contributed by atoms with van der Waals surface area (Å²) in [6, 6.07) is 12.1. The smallest absolute Gasteiger partial charge is 0.406 e. The quantitative estimate of drug-likeness (QED) is 0.198. The zero-order valence-corrected chi connectivity index (χ0v) is 22.5. The number of thioether (sulfide) groups is 1. The molecule has 1 saturated heterocycles. The van der Waals surface area contributed by atoms with Gasteiger partial charge in [0.1, 0.15) is 18.5 Å². The molecule has 38 heavy (non-hydrogen) atoms. The molecule has 1 aliphatic heterocycles. The third-order valence-electron chi connectivity index (χ3n) is 6.69. The molecule has 0 spiro atoms. The molecule has 3 aromatic rings. The Morgan fingerprint density at radius 3 is 2.66 bits per heavy atom. The second-order valence-corrected chi connectivity index (χ2v) is 10.0. The number of nitrogens with zero attached hydrogens (tertiary/aromatic N) is 2. The molecule has 0 radical (unpaired) electrons. The van der Waals surface area contributed by atoms with Gasteiger partial charge >= 0.3 is 6.18 Å². The minimum absolute atomic E-state index is 0.215. The molecule has 2 aromatic carbocycles. The molecular formula is C28H32F4N4OS. The van der Waals surface area contributed by atoms with Gasteiger partial charge < -0.3 is 24.8 Å². The fourth-order valence-corrected chi connectivity index (χ4v) is 5.13. The van der Waals surface area contributed by atoms with Crippen LogP contribution in [0.2, 0.25) is 0 Å². The molecule has 2 unspecified atom stereocenters. The van der Waals surface area contributed by atoms with Crippen molar-refractivity contribution in [2.45, 2.75) is 43.2 Å². The summed E-state index contributed by atoms with van der Waals surface area (Å²) in [6.07, 6.45) is -2.90. The van der Waals surface area contributed by atoms with E-state index in [9.17, 15) is 17.6 Å². The number of benzene rings is 2. The van der Waals surface area contributed by atoms with Gasteiger partial charge in [-0.25, -0.2) is 4.39 Å². The van der Waals surface area contributed by atoms with Crippen molar-refractivity contribution in [3.8, 4) is 17.6 Å². The van der Waals surface area contributed by atoms with E-state index in [4.69, 9.17) is 4.74 Å². The third-order valence-corrected chi connectivity index (χ3v) is 7.41. The molecule has 1 fully saturated rings. The van der Waals surface area contributed by atoms with Crippen LogP contribution in [-0.4, -0.2) is 67.4 Å². The monoisotopic (exact) mass is 548 g/mol. The number of hydrogen-bond acceptors (Lipinski definition) is 5. The lowest BCUT2D eigenvalue weighted by molar-refractivity contribution is -0.140. The molecule has 2 heterocycles. The molecule has 5 nitrogen and oxygen atoms in total. The van der Waals surface area contributed by atoms with Crippen molar-refractivity contribution in [2.75, 3.05) is 50.2 Å². The highest BCUT2D eigenvalue weighted by atomic mass is 32.2. The lowest BCUT2D eigenvalue weighted by Crippen LogP contribution is -2.47. The van der Waals surface area contributed by atoms with Crippen molar-refractivity contribution in [1.29, 1.82) is 0 Å². The highest BCUT2D eigenvalue weighted by Gasteiger charge is 2.31. The van der Waals surface area contributed by atoms with Crippen LogP contribution in [0.5, 0.6) is 5.75 Å². The molecule has 0 saturated carbocycles. The Hall–Kier alpha value is -3.03. The second-order valence-electron chi connectivity index (χ2n) is 9.14. The first kappa shape index (κ1) is 28.0. The van der Waals surface area contributed by atoms with Crippen molar-refractivity contribution in [2.24, 2.45) is 0 Å². The van der Waals surface area contributed by atoms with Gasteiger partial charge in [-0.3, -0.25) is 0 Å². The van der Waals surface area contributed by atoms with Crippen LogP contribution in [0, 0.1) is 11.8 Å². The molecule has 10 heteroatoms. The van der Waals surface area contributed by atoms with Gasteiger partial charge in [0.05, 0.1) is 36.6 Å². The fraction of sp³-hybridized carbons (Fsp3) is 0.429.